The number of nitrogens with zero attached hydrogens (tertiary/aromatic N) is 4. The summed E-state index contributed by atoms with van der Waals surface area (Å²) < 4.78 is 7.26. The third-order valence-electron chi connectivity index (χ3n) is 13.8. The highest BCUT2D eigenvalue weighted by molar-refractivity contribution is 7.19. The smallest absolute Gasteiger partial charge is 0.189 e. The van der Waals surface area contributed by atoms with Gasteiger partial charge in [0.25, 0.3) is 0 Å². The standard InChI is InChI=1S/C61H40N4Si/c1-62-42-35-37-51-49-27-11-14-30-54(49)64(60(51)39-42)44-36-38-57-53(41-44)50-28-12-15-31-55(50)65(57)59-34-18-33-58-61(59)52-29-13-16-32-56(52)63(58)43-19-17-26-48(40-43)66(45-20-5-2-6-21-45,46-22-7-3-8-23-46)47-24-9-4-10-25-47/h2-41H. The van der Waals surface area contributed by atoms with E-state index in [4.69, 9.17) is 6.57 Å². The van der Waals surface area contributed by atoms with Crippen LogP contribution in [-0.2, 0) is 0 Å². The predicted molar refractivity (Wildman–Crippen MR) is 279 cm³/mol. The van der Waals surface area contributed by atoms with Crippen molar-refractivity contribution in [3.05, 3.63) is 254 Å². The number of benzene rings is 10. The molecule has 0 unspecified atom stereocenters. The van der Waals surface area contributed by atoms with E-state index in [2.05, 4.69) is 249 Å². The molecule has 13 rings (SSSR count). The normalized spacial score (nSPS) is 11.9. The first-order valence-corrected chi connectivity index (χ1v) is 24.5. The molecule has 3 heterocycles. The molecule has 5 heteroatoms. The maximum absolute atomic E-state index is 7.81. The van der Waals surface area contributed by atoms with E-state index < -0.39 is 8.07 Å². The summed E-state index contributed by atoms with van der Waals surface area (Å²) in [5, 5.41) is 12.5. The first-order chi connectivity index (χ1) is 32.7. The van der Waals surface area contributed by atoms with Gasteiger partial charge in [0.05, 0.1) is 39.8 Å². The van der Waals surface area contributed by atoms with Crippen LogP contribution >= 0.6 is 0 Å². The molecule has 13 aromatic rings. The van der Waals surface area contributed by atoms with Crippen LogP contribution in [0.5, 0.6) is 0 Å². The van der Waals surface area contributed by atoms with Crippen molar-refractivity contribution in [2.45, 2.75) is 0 Å². The fraction of sp³-hybridized carbons (Fsp3) is 0. The third kappa shape index (κ3) is 5.49. The molecule has 66 heavy (non-hydrogen) atoms. The lowest BCUT2D eigenvalue weighted by Crippen LogP contribution is -2.74. The third-order valence-corrected chi connectivity index (χ3v) is 18.6. The molecule has 3 aromatic heterocycles. The molecular formula is C61H40N4Si. The Hall–Kier alpha value is -8.69. The summed E-state index contributed by atoms with van der Waals surface area (Å²) in [5.41, 5.74) is 10.7. The summed E-state index contributed by atoms with van der Waals surface area (Å²) >= 11 is 0. The van der Waals surface area contributed by atoms with Crippen molar-refractivity contribution in [1.82, 2.24) is 13.7 Å². The second kappa shape index (κ2) is 15.0. The molecule has 0 saturated heterocycles. The number of hydrogen-bond donors (Lipinski definition) is 0. The summed E-state index contributed by atoms with van der Waals surface area (Å²) in [6, 6.07) is 88.7. The zero-order chi connectivity index (χ0) is 43.8. The first kappa shape index (κ1) is 37.8. The van der Waals surface area contributed by atoms with E-state index in [9.17, 15) is 0 Å². The van der Waals surface area contributed by atoms with Crippen molar-refractivity contribution in [2.75, 3.05) is 0 Å². The fourth-order valence-corrected chi connectivity index (χ4v) is 15.9. The highest BCUT2D eigenvalue weighted by Crippen LogP contribution is 2.41. The van der Waals surface area contributed by atoms with Crippen LogP contribution in [0.1, 0.15) is 0 Å². The van der Waals surface area contributed by atoms with Gasteiger partial charge in [0.1, 0.15) is 0 Å². The first-order valence-electron chi connectivity index (χ1n) is 22.5. The van der Waals surface area contributed by atoms with Crippen molar-refractivity contribution in [2.24, 2.45) is 0 Å². The summed E-state index contributed by atoms with van der Waals surface area (Å²) in [5.74, 6) is 0. The second-order valence-electron chi connectivity index (χ2n) is 17.1. The predicted octanol–water partition coefficient (Wildman–Crippen LogP) is 12.9. The molecule has 308 valence electrons. The quantitative estimate of drug-likeness (QED) is 0.0864. The van der Waals surface area contributed by atoms with E-state index in [0.717, 1.165) is 55.5 Å². The van der Waals surface area contributed by atoms with Gasteiger partial charge in [-0.15, -0.1) is 0 Å². The summed E-state index contributed by atoms with van der Waals surface area (Å²) in [7, 11) is -2.79. The summed E-state index contributed by atoms with van der Waals surface area (Å²) in [6.45, 7) is 7.81. The molecule has 0 N–H and O–H groups in total. The minimum absolute atomic E-state index is 0.633. The number of rotatable bonds is 7. The lowest BCUT2D eigenvalue weighted by Gasteiger charge is -2.34. The Morgan fingerprint density at radius 3 is 1.42 bits per heavy atom. The highest BCUT2D eigenvalue weighted by Gasteiger charge is 2.41. The van der Waals surface area contributed by atoms with Gasteiger partial charge in [-0.05, 0) is 87.5 Å². The van der Waals surface area contributed by atoms with Crippen LogP contribution in [0.25, 0.3) is 87.3 Å². The molecule has 0 saturated carbocycles. The minimum atomic E-state index is -2.79. The van der Waals surface area contributed by atoms with Crippen LogP contribution in [0.2, 0.25) is 0 Å². The SMILES string of the molecule is [C-]#[N+]c1ccc2c3ccccc3n(-c3ccc4c(c3)c3ccccc3n4-c3cccc4c3c3ccccc3n4-c3cccc([Si](c4ccccc4)(c4ccccc4)c4ccccc4)c3)c2c1. The van der Waals surface area contributed by atoms with E-state index in [0.29, 0.717) is 5.69 Å². The van der Waals surface area contributed by atoms with Crippen molar-refractivity contribution in [3.63, 3.8) is 0 Å². The molecule has 0 bridgehead atoms. The Labute approximate surface area is 382 Å². The highest BCUT2D eigenvalue weighted by atomic mass is 28.3. The molecule has 0 atom stereocenters. The largest absolute Gasteiger partial charge is 0.310 e. The van der Waals surface area contributed by atoms with E-state index >= 15 is 0 Å². The van der Waals surface area contributed by atoms with Gasteiger partial charge in [-0.3, -0.25) is 0 Å². The van der Waals surface area contributed by atoms with E-state index in [1.807, 2.05) is 12.1 Å². The van der Waals surface area contributed by atoms with Gasteiger partial charge in [-0.25, -0.2) is 4.85 Å². The fourth-order valence-electron chi connectivity index (χ4n) is 11.1. The number of para-hydroxylation sites is 3. The zero-order valence-electron chi connectivity index (χ0n) is 35.9. The van der Waals surface area contributed by atoms with Crippen molar-refractivity contribution >= 4 is 99.9 Å². The Morgan fingerprint density at radius 2 is 0.773 bits per heavy atom. The minimum Gasteiger partial charge on any atom is -0.310 e. The number of aromatic nitrogens is 3. The van der Waals surface area contributed by atoms with Crippen molar-refractivity contribution < 1.29 is 0 Å². The van der Waals surface area contributed by atoms with Crippen LogP contribution in [0.15, 0.2) is 243 Å². The van der Waals surface area contributed by atoms with Crippen LogP contribution in [0, 0.1) is 6.57 Å². The maximum Gasteiger partial charge on any atom is 0.189 e. The molecule has 0 aliphatic rings. The van der Waals surface area contributed by atoms with Crippen LogP contribution in [0.4, 0.5) is 5.69 Å². The summed E-state index contributed by atoms with van der Waals surface area (Å²) in [6.07, 6.45) is 0. The molecule has 0 spiro atoms. The van der Waals surface area contributed by atoms with E-state index in [1.54, 1.807) is 0 Å². The molecule has 10 aromatic carbocycles. The van der Waals surface area contributed by atoms with Gasteiger partial charge in [-0.1, -0.05) is 176 Å². The van der Waals surface area contributed by atoms with Crippen LogP contribution in [0.3, 0.4) is 0 Å². The molecule has 0 radical (unpaired) electrons. The average Bonchev–Trinajstić information content (AvgIpc) is 4.03. The molecular weight excluding hydrogens is 817 g/mol. The van der Waals surface area contributed by atoms with E-state index in [-0.39, 0.29) is 0 Å². The van der Waals surface area contributed by atoms with Crippen molar-refractivity contribution in [3.8, 4) is 17.1 Å². The van der Waals surface area contributed by atoms with Gasteiger partial charge in [0.15, 0.2) is 13.8 Å². The average molecular weight is 857 g/mol. The number of fused-ring (bicyclic) bond motifs is 9. The van der Waals surface area contributed by atoms with Gasteiger partial charge < -0.3 is 13.7 Å². The monoisotopic (exact) mass is 856 g/mol. The lowest BCUT2D eigenvalue weighted by atomic mass is 10.1. The van der Waals surface area contributed by atoms with Gasteiger partial charge >= 0.3 is 0 Å². The van der Waals surface area contributed by atoms with Crippen LogP contribution in [-0.4, -0.2) is 21.8 Å². The van der Waals surface area contributed by atoms with Crippen molar-refractivity contribution in [1.29, 1.82) is 0 Å². The maximum atomic E-state index is 7.81. The molecule has 0 aliphatic carbocycles. The van der Waals surface area contributed by atoms with Crippen LogP contribution < -0.4 is 20.7 Å². The van der Waals surface area contributed by atoms with Gasteiger partial charge in [-0.2, -0.15) is 0 Å². The zero-order valence-corrected chi connectivity index (χ0v) is 36.9. The molecule has 0 amide bonds. The summed E-state index contributed by atoms with van der Waals surface area (Å²) in [4.78, 5) is 3.81. The molecule has 0 aliphatic heterocycles. The lowest BCUT2D eigenvalue weighted by molar-refractivity contribution is 1.16. The van der Waals surface area contributed by atoms with Gasteiger partial charge in [0, 0.05) is 49.2 Å². The van der Waals surface area contributed by atoms with E-state index in [1.165, 1.54) is 47.7 Å². The van der Waals surface area contributed by atoms with Gasteiger partial charge in [0.2, 0.25) is 0 Å². The number of hydrogen-bond acceptors (Lipinski definition) is 0. The Balaban J connectivity index is 1.05. The molecule has 0 fully saturated rings. The Kier molecular flexibility index (Phi) is 8.57. The Bertz CT molecular complexity index is 3960. The Morgan fingerprint density at radius 1 is 0.303 bits per heavy atom. The molecule has 4 nitrogen and oxygen atoms in total. The second-order valence-corrected chi connectivity index (χ2v) is 21.0. The topological polar surface area (TPSA) is 19.1 Å².